The van der Waals surface area contributed by atoms with Crippen molar-refractivity contribution in [3.63, 3.8) is 0 Å². The van der Waals surface area contributed by atoms with Crippen molar-refractivity contribution in [3.8, 4) is 0 Å². The van der Waals surface area contributed by atoms with Crippen LogP contribution >= 0.6 is 0 Å². The second kappa shape index (κ2) is 55.2. The molecule has 0 aliphatic heterocycles. The van der Waals surface area contributed by atoms with Crippen LogP contribution < -0.4 is 0 Å². The minimum atomic E-state index is -0.780. The molecule has 0 amide bonds. The Hall–Kier alpha value is -3.41. The number of hydrogen-bond donors (Lipinski definition) is 0. The van der Waals surface area contributed by atoms with Crippen LogP contribution in [0.5, 0.6) is 0 Å². The van der Waals surface area contributed by atoms with Gasteiger partial charge in [0.25, 0.3) is 0 Å². The summed E-state index contributed by atoms with van der Waals surface area (Å²) in [6, 6.07) is 0. The van der Waals surface area contributed by atoms with Crippen molar-refractivity contribution in [2.75, 3.05) is 13.2 Å². The minimum absolute atomic E-state index is 0.0818. The van der Waals surface area contributed by atoms with E-state index < -0.39 is 6.10 Å². The van der Waals surface area contributed by atoms with Crippen LogP contribution in [0, 0.1) is 0 Å². The maximum atomic E-state index is 12.8. The zero-order chi connectivity index (χ0) is 48.6. The van der Waals surface area contributed by atoms with Gasteiger partial charge in [-0.15, -0.1) is 0 Å². The van der Waals surface area contributed by atoms with Crippen molar-refractivity contribution in [1.29, 1.82) is 0 Å². The molecule has 0 bridgehead atoms. The first-order valence-electron chi connectivity index (χ1n) is 28.1. The van der Waals surface area contributed by atoms with E-state index >= 15 is 0 Å². The van der Waals surface area contributed by atoms with E-state index in [4.69, 9.17) is 14.2 Å². The Balaban J connectivity index is 4.16. The molecule has 0 aromatic heterocycles. The monoisotopic (exact) mass is 933 g/mol. The standard InChI is InChI=1S/C61H104O6/c1-4-7-10-13-16-18-20-22-24-26-27-28-29-30-31-32-33-34-35-36-38-39-41-43-45-48-51-54-60(63)66-57-58(56-65-59(62)53-50-47-15-12-9-6-3)67-61(64)55-52-49-46-44-42-40-37-25-23-21-19-17-14-11-8-5-2/h7,10,16,18,22,24-25,27-28,30-31,33-34,37,58H,4-6,8-9,11-15,17,19-21,23,26,29,32,35-36,38-57H2,1-3H3/b10-7-,18-16-,24-22-,28-27-,31-30-,34-33-,37-25-. The highest BCUT2D eigenvalue weighted by molar-refractivity contribution is 5.71. The molecule has 6 heteroatoms. The van der Waals surface area contributed by atoms with Gasteiger partial charge in [0, 0.05) is 19.3 Å². The molecular formula is C61H104O6. The summed E-state index contributed by atoms with van der Waals surface area (Å²) in [4.78, 5) is 37.8. The zero-order valence-corrected chi connectivity index (χ0v) is 43.9. The number of carbonyl (C=O) groups excluding carboxylic acids is 3. The highest BCUT2D eigenvalue weighted by Gasteiger charge is 2.19. The molecule has 384 valence electrons. The minimum Gasteiger partial charge on any atom is -0.462 e. The van der Waals surface area contributed by atoms with Crippen molar-refractivity contribution >= 4 is 17.9 Å². The summed E-state index contributed by atoms with van der Waals surface area (Å²) in [6.45, 7) is 6.45. The van der Waals surface area contributed by atoms with E-state index in [9.17, 15) is 14.4 Å². The highest BCUT2D eigenvalue weighted by atomic mass is 16.6. The summed E-state index contributed by atoms with van der Waals surface area (Å²) in [5.74, 6) is -0.906. The maximum absolute atomic E-state index is 12.8. The lowest BCUT2D eigenvalue weighted by Gasteiger charge is -2.18. The molecule has 0 saturated heterocycles. The quantitative estimate of drug-likeness (QED) is 0.0262. The molecule has 0 aromatic carbocycles. The molecule has 6 nitrogen and oxygen atoms in total. The molecular weight excluding hydrogens is 829 g/mol. The first-order chi connectivity index (χ1) is 33.0. The van der Waals surface area contributed by atoms with Gasteiger partial charge in [0.05, 0.1) is 0 Å². The van der Waals surface area contributed by atoms with Crippen LogP contribution in [0.1, 0.15) is 265 Å². The third kappa shape index (κ3) is 53.4. The third-order valence-corrected chi connectivity index (χ3v) is 11.9. The average Bonchev–Trinajstić information content (AvgIpc) is 3.33. The van der Waals surface area contributed by atoms with Gasteiger partial charge in [0.1, 0.15) is 13.2 Å². The number of unbranched alkanes of at least 4 members (excludes halogenated alkanes) is 25. The van der Waals surface area contributed by atoms with E-state index in [-0.39, 0.29) is 31.1 Å². The van der Waals surface area contributed by atoms with Gasteiger partial charge < -0.3 is 14.2 Å². The van der Waals surface area contributed by atoms with E-state index in [0.717, 1.165) is 116 Å². The lowest BCUT2D eigenvalue weighted by Crippen LogP contribution is -2.30. The van der Waals surface area contributed by atoms with Gasteiger partial charge >= 0.3 is 17.9 Å². The number of carbonyl (C=O) groups is 3. The van der Waals surface area contributed by atoms with Crippen LogP contribution in [0.3, 0.4) is 0 Å². The van der Waals surface area contributed by atoms with Crippen LogP contribution in [-0.4, -0.2) is 37.2 Å². The van der Waals surface area contributed by atoms with Crippen molar-refractivity contribution in [2.45, 2.75) is 271 Å². The molecule has 0 aromatic rings. The van der Waals surface area contributed by atoms with E-state index in [1.807, 2.05) is 0 Å². The summed E-state index contributed by atoms with van der Waals surface area (Å²) in [5, 5.41) is 0. The largest absolute Gasteiger partial charge is 0.462 e. The zero-order valence-electron chi connectivity index (χ0n) is 43.9. The Labute approximate surface area is 414 Å². The van der Waals surface area contributed by atoms with Gasteiger partial charge in [0.2, 0.25) is 0 Å². The van der Waals surface area contributed by atoms with Crippen LogP contribution in [0.4, 0.5) is 0 Å². The van der Waals surface area contributed by atoms with E-state index in [1.54, 1.807) is 0 Å². The van der Waals surface area contributed by atoms with E-state index in [2.05, 4.69) is 106 Å². The Morgan fingerprint density at radius 1 is 0.313 bits per heavy atom. The fourth-order valence-electron chi connectivity index (χ4n) is 7.68. The first kappa shape index (κ1) is 63.6. The number of ether oxygens (including phenoxy) is 3. The van der Waals surface area contributed by atoms with Gasteiger partial charge in [-0.25, -0.2) is 0 Å². The van der Waals surface area contributed by atoms with Gasteiger partial charge in [-0.3, -0.25) is 14.4 Å². The van der Waals surface area contributed by atoms with Gasteiger partial charge in [0.15, 0.2) is 6.10 Å². The molecule has 0 radical (unpaired) electrons. The van der Waals surface area contributed by atoms with Crippen LogP contribution in [0.15, 0.2) is 85.1 Å². The highest BCUT2D eigenvalue weighted by Crippen LogP contribution is 2.14. The summed E-state index contributed by atoms with van der Waals surface area (Å²) in [5.41, 5.74) is 0. The van der Waals surface area contributed by atoms with Crippen molar-refractivity contribution in [2.24, 2.45) is 0 Å². The Morgan fingerprint density at radius 2 is 0.582 bits per heavy atom. The van der Waals surface area contributed by atoms with Crippen LogP contribution in [0.25, 0.3) is 0 Å². The van der Waals surface area contributed by atoms with Gasteiger partial charge in [-0.05, 0) is 96.3 Å². The lowest BCUT2D eigenvalue weighted by molar-refractivity contribution is -0.167. The lowest BCUT2D eigenvalue weighted by atomic mass is 10.1. The van der Waals surface area contributed by atoms with E-state index in [0.29, 0.717) is 19.3 Å². The van der Waals surface area contributed by atoms with Crippen molar-refractivity contribution in [3.05, 3.63) is 85.1 Å². The average molecular weight is 933 g/mol. The van der Waals surface area contributed by atoms with E-state index in [1.165, 1.54) is 109 Å². The molecule has 0 spiro atoms. The molecule has 0 fully saturated rings. The number of hydrogen-bond acceptors (Lipinski definition) is 6. The Morgan fingerprint density at radius 3 is 0.925 bits per heavy atom. The normalized spacial score (nSPS) is 12.7. The Bertz CT molecular complexity index is 1300. The molecule has 0 saturated carbocycles. The maximum Gasteiger partial charge on any atom is 0.306 e. The number of rotatable bonds is 50. The molecule has 0 aliphatic rings. The van der Waals surface area contributed by atoms with Gasteiger partial charge in [-0.1, -0.05) is 234 Å². The molecule has 1 unspecified atom stereocenters. The van der Waals surface area contributed by atoms with Crippen molar-refractivity contribution < 1.29 is 28.6 Å². The third-order valence-electron chi connectivity index (χ3n) is 11.9. The summed E-state index contributed by atoms with van der Waals surface area (Å²) in [7, 11) is 0. The van der Waals surface area contributed by atoms with Gasteiger partial charge in [-0.2, -0.15) is 0 Å². The SMILES string of the molecule is CC/C=C\C/C=C\C/C=C\C/C=C\C/C=C\C/C=C\CCCCCCCCCCC(=O)OCC(COC(=O)CCCCCCCC)OC(=O)CCCCCCC/C=C\CCCCCCCCC. The molecule has 0 rings (SSSR count). The fraction of sp³-hybridized carbons (Fsp3) is 0.721. The Kier molecular flexibility index (Phi) is 52.4. The first-order valence-corrected chi connectivity index (χ1v) is 28.1. The molecule has 67 heavy (non-hydrogen) atoms. The smallest absolute Gasteiger partial charge is 0.306 e. The number of esters is 3. The second-order valence-electron chi connectivity index (χ2n) is 18.5. The van der Waals surface area contributed by atoms with Crippen molar-refractivity contribution in [1.82, 2.24) is 0 Å². The summed E-state index contributed by atoms with van der Waals surface area (Å²) in [6.07, 6.45) is 71.7. The predicted octanol–water partition coefficient (Wildman–Crippen LogP) is 18.8. The molecule has 0 N–H and O–H groups in total. The number of allylic oxidation sites excluding steroid dienone is 14. The summed E-state index contributed by atoms with van der Waals surface area (Å²) < 4.78 is 16.7. The fourth-order valence-corrected chi connectivity index (χ4v) is 7.68. The molecule has 0 heterocycles. The molecule has 1 atom stereocenters. The molecule has 0 aliphatic carbocycles. The van der Waals surface area contributed by atoms with Crippen LogP contribution in [-0.2, 0) is 28.6 Å². The second-order valence-corrected chi connectivity index (χ2v) is 18.5. The summed E-state index contributed by atoms with van der Waals surface area (Å²) >= 11 is 0. The predicted molar refractivity (Wildman–Crippen MR) is 288 cm³/mol. The van der Waals surface area contributed by atoms with Crippen LogP contribution in [0.2, 0.25) is 0 Å². The topological polar surface area (TPSA) is 78.9 Å².